The van der Waals surface area contributed by atoms with E-state index in [-0.39, 0.29) is 5.91 Å². The first kappa shape index (κ1) is 15.3. The van der Waals surface area contributed by atoms with Crippen LogP contribution in [0.1, 0.15) is 15.9 Å². The minimum atomic E-state index is -0.230. The number of anilines is 1. The second-order valence-corrected chi connectivity index (χ2v) is 7.08. The van der Waals surface area contributed by atoms with Crippen LogP contribution in [0.25, 0.3) is 11.3 Å². The number of ether oxygens (including phenoxy) is 1. The maximum Gasteiger partial charge on any atom is 0.259 e. The van der Waals surface area contributed by atoms with Crippen LogP contribution in [0.3, 0.4) is 0 Å². The number of hydrogen-bond acceptors (Lipinski definition) is 5. The van der Waals surface area contributed by atoms with E-state index in [0.717, 1.165) is 34.5 Å². The first-order valence-electron chi connectivity index (χ1n) is 7.32. The molecule has 0 bridgehead atoms. The molecule has 3 aromatic rings. The fraction of sp³-hybridized carbons (Fsp3) is 0.118. The number of benzene rings is 1. The van der Waals surface area contributed by atoms with Gasteiger partial charge in [0.15, 0.2) is 5.13 Å². The fourth-order valence-corrected chi connectivity index (χ4v) is 3.59. The van der Waals surface area contributed by atoms with Gasteiger partial charge in [0.05, 0.1) is 17.9 Å². The Morgan fingerprint density at radius 2 is 2.21 bits per heavy atom. The first-order valence-corrected chi connectivity index (χ1v) is 9.00. The third kappa shape index (κ3) is 3.05. The van der Waals surface area contributed by atoms with Crippen molar-refractivity contribution in [3.63, 3.8) is 0 Å². The van der Waals surface area contributed by atoms with Crippen molar-refractivity contribution in [3.05, 3.63) is 57.6 Å². The van der Waals surface area contributed by atoms with Gasteiger partial charge in [-0.1, -0.05) is 0 Å². The van der Waals surface area contributed by atoms with E-state index in [2.05, 4.69) is 37.3 Å². The molecule has 1 aromatic carbocycles. The molecule has 1 aliphatic rings. The number of aromatic nitrogens is 2. The van der Waals surface area contributed by atoms with E-state index < -0.39 is 0 Å². The molecule has 1 N–H and O–H groups in total. The summed E-state index contributed by atoms with van der Waals surface area (Å²) in [7, 11) is 0. The molecule has 120 valence electrons. The zero-order valence-corrected chi connectivity index (χ0v) is 14.9. The van der Waals surface area contributed by atoms with E-state index in [1.807, 2.05) is 17.5 Å². The van der Waals surface area contributed by atoms with Crippen molar-refractivity contribution in [2.24, 2.45) is 0 Å². The molecule has 5 nitrogen and oxygen atoms in total. The Morgan fingerprint density at radius 1 is 1.29 bits per heavy atom. The van der Waals surface area contributed by atoms with Crippen LogP contribution in [0.2, 0.25) is 0 Å². The Morgan fingerprint density at radius 3 is 3.08 bits per heavy atom. The van der Waals surface area contributed by atoms with Gasteiger partial charge in [0.1, 0.15) is 5.75 Å². The highest BCUT2D eigenvalue weighted by molar-refractivity contribution is 9.10. The van der Waals surface area contributed by atoms with Crippen LogP contribution in [0.15, 0.2) is 46.5 Å². The monoisotopic (exact) mass is 401 g/mol. The highest BCUT2D eigenvalue weighted by atomic mass is 79.9. The summed E-state index contributed by atoms with van der Waals surface area (Å²) in [5.41, 5.74) is 3.56. The van der Waals surface area contributed by atoms with E-state index in [9.17, 15) is 4.79 Å². The van der Waals surface area contributed by atoms with Crippen LogP contribution in [0.5, 0.6) is 5.75 Å². The SMILES string of the molecule is O=C(Nc1nc(-c2ccc3c(c2)CCO3)cs1)c1cncc(Br)c1. The summed E-state index contributed by atoms with van der Waals surface area (Å²) in [6.07, 6.45) is 4.08. The second kappa shape index (κ2) is 6.33. The Bertz CT molecular complexity index is 926. The second-order valence-electron chi connectivity index (χ2n) is 5.30. The molecule has 0 atom stereocenters. The van der Waals surface area contributed by atoms with Crippen molar-refractivity contribution < 1.29 is 9.53 Å². The number of nitrogens with zero attached hydrogens (tertiary/aromatic N) is 2. The zero-order chi connectivity index (χ0) is 16.5. The molecular weight excluding hydrogens is 390 g/mol. The number of pyridine rings is 1. The highest BCUT2D eigenvalue weighted by Crippen LogP contribution is 2.32. The predicted octanol–water partition coefficient (Wildman–Crippen LogP) is 4.15. The summed E-state index contributed by atoms with van der Waals surface area (Å²) in [5, 5.41) is 5.31. The maximum atomic E-state index is 12.2. The number of nitrogens with one attached hydrogen (secondary N) is 1. The molecule has 24 heavy (non-hydrogen) atoms. The molecule has 7 heteroatoms. The lowest BCUT2D eigenvalue weighted by atomic mass is 10.1. The Kier molecular flexibility index (Phi) is 4.03. The lowest BCUT2D eigenvalue weighted by molar-refractivity contribution is 0.102. The Hall–Kier alpha value is -2.25. The van der Waals surface area contributed by atoms with Crippen LogP contribution < -0.4 is 10.1 Å². The summed E-state index contributed by atoms with van der Waals surface area (Å²) < 4.78 is 6.28. The van der Waals surface area contributed by atoms with E-state index >= 15 is 0 Å². The van der Waals surface area contributed by atoms with Gasteiger partial charge in [0, 0.05) is 34.2 Å². The van der Waals surface area contributed by atoms with E-state index in [1.165, 1.54) is 23.1 Å². The van der Waals surface area contributed by atoms with E-state index in [4.69, 9.17) is 4.74 Å². The molecule has 4 rings (SSSR count). The van der Waals surface area contributed by atoms with Gasteiger partial charge in [-0.3, -0.25) is 15.1 Å². The molecule has 0 saturated heterocycles. The zero-order valence-electron chi connectivity index (χ0n) is 12.5. The molecule has 1 amide bonds. The molecule has 0 radical (unpaired) electrons. The van der Waals surface area contributed by atoms with Crippen molar-refractivity contribution >= 4 is 38.3 Å². The van der Waals surface area contributed by atoms with Crippen LogP contribution in [-0.2, 0) is 6.42 Å². The molecule has 0 spiro atoms. The van der Waals surface area contributed by atoms with Gasteiger partial charge in [-0.25, -0.2) is 4.98 Å². The van der Waals surface area contributed by atoms with Crippen molar-refractivity contribution in [2.45, 2.75) is 6.42 Å². The summed E-state index contributed by atoms with van der Waals surface area (Å²) in [6, 6.07) is 7.78. The Labute approximate surface area is 150 Å². The standard InChI is InChI=1S/C17H12BrN3O2S/c18-13-6-12(7-19-8-13)16(22)21-17-20-14(9-24-17)10-1-2-15-11(5-10)3-4-23-15/h1-2,5-9H,3-4H2,(H,20,21,22). The number of hydrogen-bond donors (Lipinski definition) is 1. The van der Waals surface area contributed by atoms with Gasteiger partial charge in [0.25, 0.3) is 5.91 Å². The number of rotatable bonds is 3. The lowest BCUT2D eigenvalue weighted by Gasteiger charge is -2.02. The number of carbonyl (C=O) groups excluding carboxylic acids is 1. The normalized spacial score (nSPS) is 12.5. The fourth-order valence-electron chi connectivity index (χ4n) is 2.51. The number of halogens is 1. The third-order valence-electron chi connectivity index (χ3n) is 3.68. The summed E-state index contributed by atoms with van der Waals surface area (Å²) in [5.74, 6) is 0.719. The summed E-state index contributed by atoms with van der Waals surface area (Å²) >= 11 is 4.71. The first-order chi connectivity index (χ1) is 11.7. The number of carbonyl (C=O) groups is 1. The smallest absolute Gasteiger partial charge is 0.259 e. The maximum absolute atomic E-state index is 12.2. The number of amides is 1. The quantitative estimate of drug-likeness (QED) is 0.715. The van der Waals surface area contributed by atoms with Gasteiger partial charge < -0.3 is 4.74 Å². The summed E-state index contributed by atoms with van der Waals surface area (Å²) in [6.45, 7) is 0.734. The minimum Gasteiger partial charge on any atom is -0.493 e. The molecule has 1 aliphatic heterocycles. The van der Waals surface area contributed by atoms with E-state index in [0.29, 0.717) is 10.7 Å². The van der Waals surface area contributed by atoms with E-state index in [1.54, 1.807) is 12.3 Å². The molecule has 2 aromatic heterocycles. The molecule has 0 saturated carbocycles. The minimum absolute atomic E-state index is 0.230. The number of thiazole rings is 1. The Balaban J connectivity index is 1.53. The van der Waals surface area contributed by atoms with Gasteiger partial charge in [-0.2, -0.15) is 0 Å². The highest BCUT2D eigenvalue weighted by Gasteiger charge is 2.15. The van der Waals surface area contributed by atoms with Gasteiger partial charge >= 0.3 is 0 Å². The lowest BCUT2D eigenvalue weighted by Crippen LogP contribution is -2.11. The number of fused-ring (bicyclic) bond motifs is 1. The molecule has 0 fully saturated rings. The van der Waals surface area contributed by atoms with Crippen molar-refractivity contribution in [1.29, 1.82) is 0 Å². The van der Waals surface area contributed by atoms with Crippen molar-refractivity contribution in [3.8, 4) is 17.0 Å². The van der Waals surface area contributed by atoms with Crippen molar-refractivity contribution in [1.82, 2.24) is 9.97 Å². The topological polar surface area (TPSA) is 64.1 Å². The average Bonchev–Trinajstić information content (AvgIpc) is 3.23. The molecule has 0 aliphatic carbocycles. The summed E-state index contributed by atoms with van der Waals surface area (Å²) in [4.78, 5) is 20.7. The van der Waals surface area contributed by atoms with Gasteiger partial charge in [-0.15, -0.1) is 11.3 Å². The van der Waals surface area contributed by atoms with Gasteiger partial charge in [0.2, 0.25) is 0 Å². The van der Waals surface area contributed by atoms with Gasteiger partial charge in [-0.05, 0) is 45.8 Å². The largest absolute Gasteiger partial charge is 0.493 e. The van der Waals surface area contributed by atoms with Crippen LogP contribution >= 0.6 is 27.3 Å². The third-order valence-corrected chi connectivity index (χ3v) is 4.87. The van der Waals surface area contributed by atoms with Crippen molar-refractivity contribution in [2.75, 3.05) is 11.9 Å². The van der Waals surface area contributed by atoms with Crippen LogP contribution in [-0.4, -0.2) is 22.5 Å². The predicted molar refractivity (Wildman–Crippen MR) is 96.6 cm³/mol. The molecule has 3 heterocycles. The average molecular weight is 402 g/mol. The van der Waals surface area contributed by atoms with Crippen LogP contribution in [0.4, 0.5) is 5.13 Å². The van der Waals surface area contributed by atoms with Crippen LogP contribution in [0, 0.1) is 0 Å². The molecule has 0 unspecified atom stereocenters. The molecular formula is C17H12BrN3O2S.